The van der Waals surface area contributed by atoms with E-state index in [-0.39, 0.29) is 0 Å². The van der Waals surface area contributed by atoms with Gasteiger partial charge in [0.05, 0.1) is 0 Å². The Labute approximate surface area is 156 Å². The molecule has 0 aliphatic heterocycles. The number of halogens is 5. The van der Waals surface area contributed by atoms with E-state index in [1.807, 2.05) is 19.9 Å². The van der Waals surface area contributed by atoms with Crippen LogP contribution in [0.2, 0.25) is 0 Å². The maximum absolute atomic E-state index is 13.5. The largest absolute Gasteiger partial charge is 0.482 e. The second-order valence-corrected chi connectivity index (χ2v) is 5.77. The number of carbonyl (C=O) groups is 2. The Kier molecular flexibility index (Phi) is 6.55. The number of hydrogen-bond acceptors (Lipinski definition) is 4. The molecule has 0 aliphatic carbocycles. The van der Waals surface area contributed by atoms with Gasteiger partial charge in [-0.3, -0.25) is 4.79 Å². The minimum atomic E-state index is -2.36. The monoisotopic (exact) mass is 403 g/mol. The van der Waals surface area contributed by atoms with Gasteiger partial charge in [0, 0.05) is 0 Å². The average Bonchev–Trinajstić information content (AvgIpc) is 2.64. The van der Waals surface area contributed by atoms with E-state index in [0.29, 0.717) is 5.75 Å². The average molecular weight is 403 g/mol. The molecule has 28 heavy (non-hydrogen) atoms. The molecule has 0 heterocycles. The van der Waals surface area contributed by atoms with Gasteiger partial charge in [-0.2, -0.15) is 0 Å². The summed E-state index contributed by atoms with van der Waals surface area (Å²) in [6.45, 7) is 2.07. The molecule has 0 unspecified atom stereocenters. The topological polar surface area (TPSA) is 64.6 Å². The summed E-state index contributed by atoms with van der Waals surface area (Å²) in [5.74, 6) is -13.1. The van der Waals surface area contributed by atoms with Crippen LogP contribution in [0.15, 0.2) is 18.2 Å². The van der Waals surface area contributed by atoms with Crippen LogP contribution in [-0.4, -0.2) is 25.1 Å². The molecule has 2 rings (SSSR count). The fourth-order valence-corrected chi connectivity index (χ4v) is 2.24. The second-order valence-electron chi connectivity index (χ2n) is 5.77. The molecule has 2 aromatic rings. The molecule has 0 fully saturated rings. The standard InChI is InChI=1S/C18H14F5NO4/c1-8-3-9(2)5-10(4-8)27-7-12(26)28-6-11(25)24-18-16(22)14(20)13(19)15(21)17(18)23/h3-5H,6-7H2,1-2H3,(H,24,25). The molecule has 0 aromatic heterocycles. The first-order valence-corrected chi connectivity index (χ1v) is 7.78. The molecule has 0 atom stereocenters. The Bertz CT molecular complexity index is 883. The highest BCUT2D eigenvalue weighted by Gasteiger charge is 2.27. The van der Waals surface area contributed by atoms with Gasteiger partial charge in [-0.05, 0) is 37.1 Å². The molecule has 0 radical (unpaired) electrons. The molecule has 0 saturated carbocycles. The van der Waals surface area contributed by atoms with Crippen molar-refractivity contribution in [2.45, 2.75) is 13.8 Å². The zero-order valence-corrected chi connectivity index (χ0v) is 14.7. The van der Waals surface area contributed by atoms with Crippen LogP contribution in [0.4, 0.5) is 27.6 Å². The summed E-state index contributed by atoms with van der Waals surface area (Å²) in [4.78, 5) is 23.2. The van der Waals surface area contributed by atoms with Crippen molar-refractivity contribution in [2.75, 3.05) is 18.5 Å². The third-order valence-electron chi connectivity index (χ3n) is 3.39. The lowest BCUT2D eigenvalue weighted by Gasteiger charge is -2.11. The molecule has 1 amide bonds. The number of anilines is 1. The number of benzene rings is 2. The van der Waals surface area contributed by atoms with Gasteiger partial charge in [0.25, 0.3) is 5.91 Å². The molecule has 5 nitrogen and oxygen atoms in total. The number of esters is 1. The molecule has 0 aliphatic rings. The molecule has 2 aromatic carbocycles. The number of hydrogen-bond donors (Lipinski definition) is 1. The number of amides is 1. The predicted molar refractivity (Wildman–Crippen MR) is 87.2 cm³/mol. The van der Waals surface area contributed by atoms with Crippen LogP contribution >= 0.6 is 0 Å². The lowest BCUT2D eigenvalue weighted by atomic mass is 10.1. The van der Waals surface area contributed by atoms with Gasteiger partial charge in [-0.25, -0.2) is 26.7 Å². The predicted octanol–water partition coefficient (Wildman–Crippen LogP) is 3.56. The van der Waals surface area contributed by atoms with Crippen molar-refractivity contribution in [3.63, 3.8) is 0 Å². The number of nitrogens with one attached hydrogen (secondary N) is 1. The molecule has 0 spiro atoms. The van der Waals surface area contributed by atoms with Gasteiger partial charge >= 0.3 is 5.97 Å². The van der Waals surface area contributed by atoms with Crippen molar-refractivity contribution >= 4 is 17.6 Å². The van der Waals surface area contributed by atoms with Crippen LogP contribution in [0.25, 0.3) is 0 Å². The van der Waals surface area contributed by atoms with Crippen LogP contribution in [0.1, 0.15) is 11.1 Å². The van der Waals surface area contributed by atoms with E-state index in [1.54, 1.807) is 12.1 Å². The third-order valence-corrected chi connectivity index (χ3v) is 3.39. The summed E-state index contributed by atoms with van der Waals surface area (Å²) >= 11 is 0. The number of carbonyl (C=O) groups excluding carboxylic acids is 2. The van der Waals surface area contributed by atoms with Gasteiger partial charge in [0.2, 0.25) is 5.82 Å². The summed E-state index contributed by atoms with van der Waals surface area (Å²) in [6, 6.07) is 5.21. The van der Waals surface area contributed by atoms with Crippen molar-refractivity contribution < 1.29 is 41.0 Å². The van der Waals surface area contributed by atoms with Gasteiger partial charge in [0.1, 0.15) is 11.4 Å². The van der Waals surface area contributed by atoms with Crippen molar-refractivity contribution in [1.82, 2.24) is 0 Å². The smallest absolute Gasteiger partial charge is 0.344 e. The summed E-state index contributed by atoms with van der Waals surface area (Å²) in [5, 5.41) is 1.48. The van der Waals surface area contributed by atoms with Crippen molar-refractivity contribution in [3.05, 3.63) is 58.4 Å². The number of rotatable bonds is 6. The molecule has 0 bridgehead atoms. The molecular weight excluding hydrogens is 389 g/mol. The van der Waals surface area contributed by atoms with E-state index >= 15 is 0 Å². The van der Waals surface area contributed by atoms with Crippen LogP contribution in [0.5, 0.6) is 5.75 Å². The Morgan fingerprint density at radius 3 is 1.86 bits per heavy atom. The normalized spacial score (nSPS) is 10.5. The summed E-state index contributed by atoms with van der Waals surface area (Å²) in [7, 11) is 0. The molecular formula is C18H14F5NO4. The molecule has 1 N–H and O–H groups in total. The fourth-order valence-electron chi connectivity index (χ4n) is 2.24. The first-order chi connectivity index (χ1) is 13.1. The van der Waals surface area contributed by atoms with E-state index in [4.69, 9.17) is 4.74 Å². The fraction of sp³-hybridized carbons (Fsp3) is 0.222. The van der Waals surface area contributed by atoms with E-state index in [0.717, 1.165) is 11.1 Å². The Morgan fingerprint density at radius 2 is 1.32 bits per heavy atom. The Morgan fingerprint density at radius 1 is 0.821 bits per heavy atom. The van der Waals surface area contributed by atoms with Crippen LogP contribution in [0.3, 0.4) is 0 Å². The zero-order valence-electron chi connectivity index (χ0n) is 14.7. The van der Waals surface area contributed by atoms with E-state index in [1.165, 1.54) is 5.32 Å². The lowest BCUT2D eigenvalue weighted by Crippen LogP contribution is -2.25. The van der Waals surface area contributed by atoms with Crippen LogP contribution in [0, 0.1) is 42.9 Å². The minimum Gasteiger partial charge on any atom is -0.482 e. The maximum Gasteiger partial charge on any atom is 0.344 e. The second kappa shape index (κ2) is 8.68. The molecule has 0 saturated heterocycles. The first-order valence-electron chi connectivity index (χ1n) is 7.78. The van der Waals surface area contributed by atoms with E-state index < -0.39 is 59.9 Å². The van der Waals surface area contributed by atoms with Crippen LogP contribution < -0.4 is 10.1 Å². The zero-order chi connectivity index (χ0) is 21.0. The summed E-state index contributed by atoms with van der Waals surface area (Å²) < 4.78 is 75.8. The Hall–Kier alpha value is -3.17. The van der Waals surface area contributed by atoms with E-state index in [9.17, 15) is 31.5 Å². The van der Waals surface area contributed by atoms with Gasteiger partial charge < -0.3 is 14.8 Å². The summed E-state index contributed by atoms with van der Waals surface area (Å²) in [6.07, 6.45) is 0. The van der Waals surface area contributed by atoms with Gasteiger partial charge in [-0.1, -0.05) is 6.07 Å². The first kappa shape index (κ1) is 21.1. The highest BCUT2D eigenvalue weighted by atomic mass is 19.2. The van der Waals surface area contributed by atoms with Crippen molar-refractivity contribution in [3.8, 4) is 5.75 Å². The van der Waals surface area contributed by atoms with Crippen LogP contribution in [-0.2, 0) is 14.3 Å². The van der Waals surface area contributed by atoms with E-state index in [2.05, 4.69) is 4.74 Å². The molecule has 10 heteroatoms. The highest BCUT2D eigenvalue weighted by Crippen LogP contribution is 2.27. The van der Waals surface area contributed by atoms with Gasteiger partial charge in [0.15, 0.2) is 36.5 Å². The summed E-state index contributed by atoms with van der Waals surface area (Å²) in [5.41, 5.74) is 0.250. The quantitative estimate of drug-likeness (QED) is 0.347. The lowest BCUT2D eigenvalue weighted by molar-refractivity contribution is -0.149. The van der Waals surface area contributed by atoms with Crippen molar-refractivity contribution in [1.29, 1.82) is 0 Å². The SMILES string of the molecule is Cc1cc(C)cc(OCC(=O)OCC(=O)Nc2c(F)c(F)c(F)c(F)c2F)c1. The number of ether oxygens (including phenoxy) is 2. The highest BCUT2D eigenvalue weighted by molar-refractivity contribution is 5.93. The maximum atomic E-state index is 13.5. The molecule has 150 valence electrons. The third kappa shape index (κ3) is 4.96. The number of aryl methyl sites for hydroxylation is 2. The van der Waals surface area contributed by atoms with Gasteiger partial charge in [-0.15, -0.1) is 0 Å². The minimum absolute atomic E-state index is 0.389. The van der Waals surface area contributed by atoms with Crippen molar-refractivity contribution in [2.24, 2.45) is 0 Å². The Balaban J connectivity index is 1.91.